The standard InChI is InChI=1S/C11H10O3.C4H9NO2/c1-2-13-9-5-3-8-4-6-11(12)14-10(8)7-9;1-4(2,5)3(6)7/h3-7H,2H2,1H3;5H2,1-2H3,(H,6,7). The molecule has 3 N–H and O–H groups in total. The molecule has 2 aromatic rings. The van der Waals surface area contributed by atoms with Crippen LogP contribution in [0.25, 0.3) is 11.0 Å². The Balaban J connectivity index is 0.000000270. The van der Waals surface area contributed by atoms with Crippen molar-refractivity contribution in [3.8, 4) is 5.75 Å². The van der Waals surface area contributed by atoms with Crippen molar-refractivity contribution in [2.24, 2.45) is 5.73 Å². The topological polar surface area (TPSA) is 103 Å². The Morgan fingerprint density at radius 2 is 1.90 bits per heavy atom. The Hall–Kier alpha value is -2.34. The van der Waals surface area contributed by atoms with Gasteiger partial charge in [0.1, 0.15) is 16.9 Å². The van der Waals surface area contributed by atoms with Crippen LogP contribution in [0.4, 0.5) is 0 Å². The minimum Gasteiger partial charge on any atom is -0.494 e. The summed E-state index contributed by atoms with van der Waals surface area (Å²) in [6.45, 7) is 5.39. The third-order valence-electron chi connectivity index (χ3n) is 2.46. The lowest BCUT2D eigenvalue weighted by Crippen LogP contribution is -2.41. The second-order valence-electron chi connectivity index (χ2n) is 4.91. The number of rotatable bonds is 3. The number of carbonyl (C=O) groups is 1. The Labute approximate surface area is 122 Å². The Morgan fingerprint density at radius 3 is 2.43 bits per heavy atom. The second-order valence-corrected chi connectivity index (χ2v) is 4.91. The molecule has 0 radical (unpaired) electrons. The molecule has 0 saturated heterocycles. The minimum absolute atomic E-state index is 0.342. The van der Waals surface area contributed by atoms with E-state index in [1.165, 1.54) is 19.9 Å². The molecule has 0 aliphatic rings. The quantitative estimate of drug-likeness (QED) is 0.839. The lowest BCUT2D eigenvalue weighted by Gasteiger charge is -2.09. The van der Waals surface area contributed by atoms with E-state index in [0.29, 0.717) is 17.9 Å². The zero-order valence-electron chi connectivity index (χ0n) is 12.3. The molecule has 114 valence electrons. The molecule has 0 fully saturated rings. The average Bonchev–Trinajstić information content (AvgIpc) is 2.38. The molecule has 6 nitrogen and oxygen atoms in total. The summed E-state index contributed by atoms with van der Waals surface area (Å²) in [5.41, 5.74) is 4.21. The summed E-state index contributed by atoms with van der Waals surface area (Å²) < 4.78 is 10.3. The summed E-state index contributed by atoms with van der Waals surface area (Å²) in [6.07, 6.45) is 0. The molecule has 1 heterocycles. The molecular weight excluding hydrogens is 274 g/mol. The van der Waals surface area contributed by atoms with E-state index in [-0.39, 0.29) is 5.63 Å². The van der Waals surface area contributed by atoms with Gasteiger partial charge in [-0.1, -0.05) is 0 Å². The van der Waals surface area contributed by atoms with Crippen LogP contribution in [0.2, 0.25) is 0 Å². The van der Waals surface area contributed by atoms with Gasteiger partial charge in [-0.05, 0) is 39.0 Å². The molecule has 21 heavy (non-hydrogen) atoms. The van der Waals surface area contributed by atoms with Gasteiger partial charge < -0.3 is 20.0 Å². The molecule has 0 bridgehead atoms. The predicted octanol–water partition coefficient (Wildman–Crippen LogP) is 2.00. The van der Waals surface area contributed by atoms with Gasteiger partial charge >= 0.3 is 11.6 Å². The summed E-state index contributed by atoms with van der Waals surface area (Å²) in [5.74, 6) is -0.262. The lowest BCUT2D eigenvalue weighted by atomic mass is 10.1. The van der Waals surface area contributed by atoms with Crippen molar-refractivity contribution in [1.29, 1.82) is 0 Å². The molecule has 0 saturated carbocycles. The van der Waals surface area contributed by atoms with Gasteiger partial charge in [-0.25, -0.2) is 4.79 Å². The van der Waals surface area contributed by atoms with E-state index in [0.717, 1.165) is 5.39 Å². The third-order valence-corrected chi connectivity index (χ3v) is 2.46. The molecule has 0 aliphatic carbocycles. The average molecular weight is 293 g/mol. The summed E-state index contributed by atoms with van der Waals surface area (Å²) >= 11 is 0. The van der Waals surface area contributed by atoms with Crippen LogP contribution in [-0.2, 0) is 4.79 Å². The van der Waals surface area contributed by atoms with E-state index in [4.69, 9.17) is 20.0 Å². The van der Waals surface area contributed by atoms with Crippen LogP contribution in [0.1, 0.15) is 20.8 Å². The number of hydrogen-bond donors (Lipinski definition) is 2. The van der Waals surface area contributed by atoms with Gasteiger partial charge in [-0.3, -0.25) is 4.79 Å². The summed E-state index contributed by atoms with van der Waals surface area (Å²) in [6, 6.07) is 8.58. The molecule has 0 unspecified atom stereocenters. The Bertz CT molecular complexity index is 670. The number of hydrogen-bond acceptors (Lipinski definition) is 5. The van der Waals surface area contributed by atoms with Gasteiger partial charge in [0.2, 0.25) is 0 Å². The summed E-state index contributed by atoms with van der Waals surface area (Å²) in [4.78, 5) is 20.8. The van der Waals surface area contributed by atoms with Crippen LogP contribution in [0.3, 0.4) is 0 Å². The number of ether oxygens (including phenoxy) is 1. The fraction of sp³-hybridized carbons (Fsp3) is 0.333. The first kappa shape index (κ1) is 16.7. The van der Waals surface area contributed by atoms with Gasteiger partial charge in [0.15, 0.2) is 0 Å². The van der Waals surface area contributed by atoms with Gasteiger partial charge in [-0.15, -0.1) is 0 Å². The van der Waals surface area contributed by atoms with Gasteiger partial charge in [0, 0.05) is 17.5 Å². The maximum absolute atomic E-state index is 10.9. The number of aliphatic carboxylic acids is 1. The highest BCUT2D eigenvalue weighted by atomic mass is 16.5. The van der Waals surface area contributed by atoms with Crippen molar-refractivity contribution in [1.82, 2.24) is 0 Å². The first-order valence-corrected chi connectivity index (χ1v) is 6.43. The molecule has 2 rings (SSSR count). The van der Waals surface area contributed by atoms with Crippen molar-refractivity contribution in [2.45, 2.75) is 26.3 Å². The van der Waals surface area contributed by atoms with Crippen molar-refractivity contribution in [3.63, 3.8) is 0 Å². The monoisotopic (exact) mass is 293 g/mol. The number of benzene rings is 1. The Kier molecular flexibility index (Phi) is 5.49. The molecule has 0 spiro atoms. The van der Waals surface area contributed by atoms with E-state index in [9.17, 15) is 9.59 Å². The zero-order valence-corrected chi connectivity index (χ0v) is 12.3. The van der Waals surface area contributed by atoms with Crippen molar-refractivity contribution in [2.75, 3.05) is 6.61 Å². The van der Waals surface area contributed by atoms with Crippen LogP contribution in [-0.4, -0.2) is 23.2 Å². The first-order chi connectivity index (χ1) is 9.74. The second kappa shape index (κ2) is 6.90. The van der Waals surface area contributed by atoms with Crippen LogP contribution in [0.15, 0.2) is 39.5 Å². The summed E-state index contributed by atoms with van der Waals surface area (Å²) in [5, 5.41) is 9.02. The first-order valence-electron chi connectivity index (χ1n) is 6.43. The highest BCUT2D eigenvalue weighted by molar-refractivity contribution is 5.77. The number of fused-ring (bicyclic) bond motifs is 1. The van der Waals surface area contributed by atoms with E-state index >= 15 is 0 Å². The predicted molar refractivity (Wildman–Crippen MR) is 79.6 cm³/mol. The normalized spacial score (nSPS) is 10.7. The number of carboxylic acid groups (broad SMARTS) is 1. The van der Waals surface area contributed by atoms with Crippen LogP contribution >= 0.6 is 0 Å². The fourth-order valence-electron chi connectivity index (χ4n) is 1.30. The van der Waals surface area contributed by atoms with Gasteiger partial charge in [0.05, 0.1) is 6.61 Å². The number of nitrogens with two attached hydrogens (primary N) is 1. The van der Waals surface area contributed by atoms with Crippen molar-refractivity contribution < 1.29 is 19.1 Å². The molecule has 1 aromatic carbocycles. The molecular formula is C15H19NO5. The van der Waals surface area contributed by atoms with Crippen molar-refractivity contribution >= 4 is 16.9 Å². The lowest BCUT2D eigenvalue weighted by molar-refractivity contribution is -0.141. The van der Waals surface area contributed by atoms with Gasteiger partial charge in [-0.2, -0.15) is 0 Å². The Morgan fingerprint density at radius 1 is 1.33 bits per heavy atom. The minimum atomic E-state index is -1.08. The maximum atomic E-state index is 10.9. The zero-order chi connectivity index (χ0) is 16.0. The van der Waals surface area contributed by atoms with Crippen molar-refractivity contribution in [3.05, 3.63) is 40.8 Å². The number of carboxylic acids is 1. The van der Waals surface area contributed by atoms with E-state index in [1.54, 1.807) is 12.1 Å². The molecule has 0 aliphatic heterocycles. The van der Waals surface area contributed by atoms with Crippen LogP contribution in [0.5, 0.6) is 5.75 Å². The fourth-order valence-corrected chi connectivity index (χ4v) is 1.30. The molecule has 1 aromatic heterocycles. The van der Waals surface area contributed by atoms with E-state index < -0.39 is 11.5 Å². The van der Waals surface area contributed by atoms with Crippen LogP contribution in [0, 0.1) is 0 Å². The third kappa shape index (κ3) is 5.27. The summed E-state index contributed by atoms with van der Waals surface area (Å²) in [7, 11) is 0. The van der Waals surface area contributed by atoms with E-state index in [1.807, 2.05) is 19.1 Å². The highest BCUT2D eigenvalue weighted by Gasteiger charge is 2.19. The van der Waals surface area contributed by atoms with Crippen LogP contribution < -0.4 is 16.1 Å². The smallest absolute Gasteiger partial charge is 0.336 e. The SMILES string of the molecule is CC(C)(N)C(=O)O.CCOc1ccc2ccc(=O)oc2c1. The molecule has 6 heteroatoms. The largest absolute Gasteiger partial charge is 0.494 e. The molecule has 0 amide bonds. The van der Waals surface area contributed by atoms with E-state index in [2.05, 4.69) is 0 Å². The van der Waals surface area contributed by atoms with Gasteiger partial charge in [0.25, 0.3) is 0 Å². The maximum Gasteiger partial charge on any atom is 0.336 e. The highest BCUT2D eigenvalue weighted by Crippen LogP contribution is 2.19. The molecule has 0 atom stereocenters.